The molecule has 0 radical (unpaired) electrons. The maximum absolute atomic E-state index is 12.2. The van der Waals surface area contributed by atoms with Gasteiger partial charge in [-0.2, -0.15) is 0 Å². The number of ether oxygens (including phenoxy) is 1. The van der Waals surface area contributed by atoms with E-state index in [1.165, 1.54) is 38.5 Å². The average Bonchev–Trinajstić information content (AvgIpc) is 2.97. The van der Waals surface area contributed by atoms with E-state index in [1.807, 2.05) is 30.8 Å². The third-order valence-corrected chi connectivity index (χ3v) is 4.93. The summed E-state index contributed by atoms with van der Waals surface area (Å²) < 4.78 is 9.94. The van der Waals surface area contributed by atoms with Crippen LogP contribution < -0.4 is 5.69 Å². The Bertz CT molecular complexity index is 509. The topological polar surface area (TPSA) is 36.2 Å². The largest absolute Gasteiger partial charge is 0.370 e. The number of rotatable bonds is 3. The minimum absolute atomic E-state index is 0.0909. The number of hydrogen-bond acceptors (Lipinski definition) is 2. The quantitative estimate of drug-likeness (QED) is 0.851. The first-order chi connectivity index (χ1) is 9.60. The van der Waals surface area contributed by atoms with Crippen molar-refractivity contribution in [1.29, 1.82) is 0 Å². The van der Waals surface area contributed by atoms with Crippen LogP contribution in [0.5, 0.6) is 0 Å². The van der Waals surface area contributed by atoms with Gasteiger partial charge < -0.3 is 4.74 Å². The van der Waals surface area contributed by atoms with Crippen LogP contribution in [0, 0.1) is 0 Å². The Morgan fingerprint density at radius 2 is 2.00 bits per heavy atom. The van der Waals surface area contributed by atoms with Crippen LogP contribution in [0.25, 0.3) is 0 Å². The maximum Gasteiger partial charge on any atom is 0.328 e. The van der Waals surface area contributed by atoms with Crippen molar-refractivity contribution < 1.29 is 4.74 Å². The fourth-order valence-electron chi connectivity index (χ4n) is 3.77. The fourth-order valence-corrected chi connectivity index (χ4v) is 3.77. The summed E-state index contributed by atoms with van der Waals surface area (Å²) in [7, 11) is 0. The zero-order chi connectivity index (χ0) is 14.2. The lowest BCUT2D eigenvalue weighted by atomic mass is 9.83. The van der Waals surface area contributed by atoms with Gasteiger partial charge in [0.2, 0.25) is 0 Å². The summed E-state index contributed by atoms with van der Waals surface area (Å²) in [6.07, 6.45) is 12.7. The van der Waals surface area contributed by atoms with Gasteiger partial charge in [0, 0.05) is 18.4 Å². The van der Waals surface area contributed by atoms with Gasteiger partial charge in [0.05, 0.1) is 18.2 Å². The first kappa shape index (κ1) is 13.9. The van der Waals surface area contributed by atoms with Crippen LogP contribution in [0.3, 0.4) is 0 Å². The number of hydrogen-bond donors (Lipinski definition) is 0. The molecule has 1 saturated carbocycles. The van der Waals surface area contributed by atoms with E-state index < -0.39 is 0 Å². The highest BCUT2D eigenvalue weighted by Gasteiger charge is 2.40. The molecule has 2 aliphatic rings. The molecule has 1 unspecified atom stereocenters. The van der Waals surface area contributed by atoms with Crippen molar-refractivity contribution in [3.63, 3.8) is 0 Å². The highest BCUT2D eigenvalue weighted by Crippen LogP contribution is 2.42. The molecule has 1 atom stereocenters. The number of aromatic nitrogens is 2. The highest BCUT2D eigenvalue weighted by atomic mass is 16.5. The van der Waals surface area contributed by atoms with Gasteiger partial charge in [-0.3, -0.25) is 9.13 Å². The van der Waals surface area contributed by atoms with Gasteiger partial charge in [-0.25, -0.2) is 4.79 Å². The lowest BCUT2D eigenvalue weighted by Gasteiger charge is -2.33. The minimum atomic E-state index is 0.0909. The van der Waals surface area contributed by atoms with E-state index in [4.69, 9.17) is 4.74 Å². The number of imidazole rings is 1. The van der Waals surface area contributed by atoms with Crippen LogP contribution in [-0.2, 0) is 11.3 Å². The Kier molecular flexibility index (Phi) is 3.76. The zero-order valence-electron chi connectivity index (χ0n) is 12.7. The second-order valence-electron chi connectivity index (χ2n) is 6.76. The van der Waals surface area contributed by atoms with E-state index >= 15 is 0 Å². The molecule has 1 aliphatic heterocycles. The van der Waals surface area contributed by atoms with Gasteiger partial charge in [0.25, 0.3) is 0 Å². The van der Waals surface area contributed by atoms with Crippen molar-refractivity contribution in [3.8, 4) is 0 Å². The van der Waals surface area contributed by atoms with Crippen molar-refractivity contribution in [1.82, 2.24) is 9.13 Å². The van der Waals surface area contributed by atoms with Gasteiger partial charge in [-0.05, 0) is 39.5 Å². The zero-order valence-corrected chi connectivity index (χ0v) is 12.7. The van der Waals surface area contributed by atoms with Gasteiger partial charge in [0.1, 0.15) is 0 Å². The molecule has 4 heteroatoms. The molecular formula is C16H26N2O2. The number of nitrogens with zero attached hydrogens (tertiary/aromatic N) is 2. The molecule has 112 valence electrons. The normalized spacial score (nSPS) is 25.6. The molecule has 3 rings (SSSR count). The summed E-state index contributed by atoms with van der Waals surface area (Å²) in [5, 5.41) is 0. The molecule has 1 saturated heterocycles. The third kappa shape index (κ3) is 2.58. The monoisotopic (exact) mass is 278 g/mol. The van der Waals surface area contributed by atoms with Crippen molar-refractivity contribution >= 4 is 0 Å². The maximum atomic E-state index is 12.2. The van der Waals surface area contributed by atoms with E-state index in [9.17, 15) is 4.79 Å². The van der Waals surface area contributed by atoms with Crippen molar-refractivity contribution in [2.45, 2.75) is 83.1 Å². The van der Waals surface area contributed by atoms with Crippen LogP contribution in [0.4, 0.5) is 0 Å². The lowest BCUT2D eigenvalue weighted by Crippen LogP contribution is -2.34. The van der Waals surface area contributed by atoms with Crippen LogP contribution in [0.15, 0.2) is 17.2 Å². The van der Waals surface area contributed by atoms with Crippen molar-refractivity contribution in [2.75, 3.05) is 0 Å². The van der Waals surface area contributed by atoms with E-state index in [0.717, 1.165) is 6.42 Å². The SMILES string of the molecule is CC(C)n1ccn(CC2CCC3(CCCCC3)O2)c1=O. The molecule has 0 amide bonds. The second kappa shape index (κ2) is 5.40. The molecule has 0 bridgehead atoms. The Morgan fingerprint density at radius 3 is 2.65 bits per heavy atom. The molecule has 4 nitrogen and oxygen atoms in total. The van der Waals surface area contributed by atoms with Gasteiger partial charge in [0.15, 0.2) is 0 Å². The molecule has 1 aliphatic carbocycles. The van der Waals surface area contributed by atoms with Gasteiger partial charge >= 0.3 is 5.69 Å². The minimum Gasteiger partial charge on any atom is -0.370 e. The first-order valence-corrected chi connectivity index (χ1v) is 8.05. The van der Waals surface area contributed by atoms with E-state index in [-0.39, 0.29) is 23.4 Å². The second-order valence-corrected chi connectivity index (χ2v) is 6.76. The van der Waals surface area contributed by atoms with E-state index in [2.05, 4.69) is 0 Å². The van der Waals surface area contributed by atoms with Gasteiger partial charge in [-0.1, -0.05) is 19.3 Å². The summed E-state index contributed by atoms with van der Waals surface area (Å²) in [5.74, 6) is 0. The molecule has 2 fully saturated rings. The molecule has 20 heavy (non-hydrogen) atoms. The first-order valence-electron chi connectivity index (χ1n) is 8.05. The van der Waals surface area contributed by atoms with Crippen molar-refractivity contribution in [3.05, 3.63) is 22.9 Å². The fraction of sp³-hybridized carbons (Fsp3) is 0.812. The summed E-state index contributed by atoms with van der Waals surface area (Å²) in [4.78, 5) is 12.2. The third-order valence-electron chi connectivity index (χ3n) is 4.93. The molecule has 1 spiro atoms. The average molecular weight is 278 g/mol. The van der Waals surface area contributed by atoms with Crippen LogP contribution in [0.1, 0.15) is 64.8 Å². The molecular weight excluding hydrogens is 252 g/mol. The Morgan fingerprint density at radius 1 is 1.25 bits per heavy atom. The molecule has 0 aromatic carbocycles. The Hall–Kier alpha value is -1.03. The standard InChI is InChI=1S/C16H26N2O2/c1-13(2)18-11-10-17(15(18)19)12-14-6-9-16(20-14)7-4-3-5-8-16/h10-11,13-14H,3-9,12H2,1-2H3. The van der Waals surface area contributed by atoms with Crippen LogP contribution >= 0.6 is 0 Å². The lowest BCUT2D eigenvalue weighted by molar-refractivity contribution is -0.0682. The highest BCUT2D eigenvalue weighted by molar-refractivity contribution is 4.92. The van der Waals surface area contributed by atoms with Crippen LogP contribution in [-0.4, -0.2) is 20.8 Å². The summed E-state index contributed by atoms with van der Waals surface area (Å²) in [6, 6.07) is 0.220. The summed E-state index contributed by atoms with van der Waals surface area (Å²) in [5.41, 5.74) is 0.237. The van der Waals surface area contributed by atoms with Crippen molar-refractivity contribution in [2.24, 2.45) is 0 Å². The van der Waals surface area contributed by atoms with E-state index in [1.54, 1.807) is 4.57 Å². The molecule has 0 N–H and O–H groups in total. The van der Waals surface area contributed by atoms with Crippen LogP contribution in [0.2, 0.25) is 0 Å². The Balaban J connectivity index is 1.66. The van der Waals surface area contributed by atoms with Gasteiger partial charge in [-0.15, -0.1) is 0 Å². The molecule has 1 aromatic heterocycles. The summed E-state index contributed by atoms with van der Waals surface area (Å²) >= 11 is 0. The molecule has 1 aromatic rings. The smallest absolute Gasteiger partial charge is 0.328 e. The van der Waals surface area contributed by atoms with E-state index in [0.29, 0.717) is 6.54 Å². The molecule has 2 heterocycles. The summed E-state index contributed by atoms with van der Waals surface area (Å²) in [6.45, 7) is 4.78. The predicted molar refractivity (Wildman–Crippen MR) is 79.0 cm³/mol. The Labute approximate surface area is 120 Å². The predicted octanol–water partition coefficient (Wildman–Crippen LogP) is 3.11.